The Morgan fingerprint density at radius 3 is 3.12 bits per heavy atom. The Morgan fingerprint density at radius 1 is 1.50 bits per heavy atom. The van der Waals surface area contributed by atoms with Gasteiger partial charge < -0.3 is 10.4 Å². The van der Waals surface area contributed by atoms with Gasteiger partial charge in [-0.25, -0.2) is 0 Å². The van der Waals surface area contributed by atoms with E-state index < -0.39 is 0 Å². The topological polar surface area (TPSA) is 58.0 Å². The van der Waals surface area contributed by atoms with Crippen LogP contribution in [0.25, 0.3) is 0 Å². The Hall–Kier alpha value is -1.16. The minimum Gasteiger partial charge on any atom is -0.393 e. The maximum Gasteiger partial charge on any atom is 0.148 e. The van der Waals surface area contributed by atoms with E-state index in [9.17, 15) is 5.11 Å². The van der Waals surface area contributed by atoms with Gasteiger partial charge in [-0.3, -0.25) is 0 Å². The number of nitrogens with one attached hydrogen (secondary N) is 1. The average molecular weight is 221 g/mol. The third-order valence-corrected chi connectivity index (χ3v) is 3.12. The molecule has 4 heteroatoms. The van der Waals surface area contributed by atoms with Gasteiger partial charge in [0.05, 0.1) is 12.3 Å². The molecule has 1 aliphatic rings. The maximum absolute atomic E-state index is 9.57. The number of aromatic nitrogens is 2. The van der Waals surface area contributed by atoms with E-state index in [4.69, 9.17) is 0 Å². The molecule has 0 radical (unpaired) electrons. The van der Waals surface area contributed by atoms with Crippen LogP contribution in [0.4, 0.5) is 5.82 Å². The van der Waals surface area contributed by atoms with E-state index in [-0.39, 0.29) is 6.10 Å². The molecule has 0 aromatic carbocycles. The van der Waals surface area contributed by atoms with Crippen molar-refractivity contribution in [2.45, 2.75) is 38.7 Å². The summed E-state index contributed by atoms with van der Waals surface area (Å²) in [4.78, 5) is 0. The molecule has 0 saturated heterocycles. The molecular formula is C12H19N3O. The average Bonchev–Trinajstić information content (AvgIpc) is 2.27. The van der Waals surface area contributed by atoms with E-state index in [0.29, 0.717) is 5.92 Å². The number of hydrogen-bond donors (Lipinski definition) is 2. The molecular weight excluding hydrogens is 202 g/mol. The van der Waals surface area contributed by atoms with Gasteiger partial charge >= 0.3 is 0 Å². The summed E-state index contributed by atoms with van der Waals surface area (Å²) < 4.78 is 0. The molecule has 1 heterocycles. The van der Waals surface area contributed by atoms with Crippen molar-refractivity contribution >= 4 is 5.82 Å². The zero-order chi connectivity index (χ0) is 11.4. The number of hydrogen-bond acceptors (Lipinski definition) is 4. The van der Waals surface area contributed by atoms with Gasteiger partial charge in [-0.2, -0.15) is 5.10 Å². The van der Waals surface area contributed by atoms with Crippen LogP contribution in [0.5, 0.6) is 0 Å². The third-order valence-electron chi connectivity index (χ3n) is 3.12. The number of nitrogens with zero attached hydrogens (tertiary/aromatic N) is 2. The summed E-state index contributed by atoms with van der Waals surface area (Å²) in [5.41, 5.74) is 1.11. The van der Waals surface area contributed by atoms with Crippen LogP contribution in [-0.4, -0.2) is 28.0 Å². The highest BCUT2D eigenvalue weighted by Crippen LogP contribution is 2.24. The Kier molecular flexibility index (Phi) is 3.72. The summed E-state index contributed by atoms with van der Waals surface area (Å²) in [6.45, 7) is 2.89. The lowest BCUT2D eigenvalue weighted by Crippen LogP contribution is -2.25. The molecule has 2 atom stereocenters. The van der Waals surface area contributed by atoms with Gasteiger partial charge in [0, 0.05) is 6.54 Å². The van der Waals surface area contributed by atoms with Crippen LogP contribution in [0.1, 0.15) is 31.2 Å². The van der Waals surface area contributed by atoms with Crippen molar-refractivity contribution in [1.82, 2.24) is 10.2 Å². The van der Waals surface area contributed by atoms with Crippen LogP contribution in [-0.2, 0) is 0 Å². The van der Waals surface area contributed by atoms with Crippen molar-refractivity contribution in [2.24, 2.45) is 5.92 Å². The summed E-state index contributed by atoms with van der Waals surface area (Å²) in [7, 11) is 0. The first-order valence-electron chi connectivity index (χ1n) is 5.95. The van der Waals surface area contributed by atoms with E-state index in [1.807, 2.05) is 13.0 Å². The summed E-state index contributed by atoms with van der Waals surface area (Å²) in [5.74, 6) is 1.39. The fourth-order valence-corrected chi connectivity index (χ4v) is 2.25. The predicted molar refractivity (Wildman–Crippen MR) is 63.2 cm³/mol. The molecule has 0 amide bonds. The zero-order valence-electron chi connectivity index (χ0n) is 9.69. The minimum absolute atomic E-state index is 0.107. The first-order valence-corrected chi connectivity index (χ1v) is 5.95. The second-order valence-electron chi connectivity index (χ2n) is 4.69. The van der Waals surface area contributed by atoms with Crippen LogP contribution >= 0.6 is 0 Å². The molecule has 1 aromatic heterocycles. The lowest BCUT2D eigenvalue weighted by molar-refractivity contribution is 0.104. The number of aryl methyl sites for hydroxylation is 1. The second kappa shape index (κ2) is 5.25. The number of anilines is 1. The van der Waals surface area contributed by atoms with Crippen LogP contribution in [0.3, 0.4) is 0 Å². The molecule has 2 unspecified atom stereocenters. The Labute approximate surface area is 96.1 Å². The van der Waals surface area contributed by atoms with Gasteiger partial charge in [-0.15, -0.1) is 5.10 Å². The van der Waals surface area contributed by atoms with Crippen LogP contribution in [0, 0.1) is 12.8 Å². The van der Waals surface area contributed by atoms with Crippen molar-refractivity contribution in [3.63, 3.8) is 0 Å². The highest BCUT2D eigenvalue weighted by molar-refractivity contribution is 5.34. The van der Waals surface area contributed by atoms with Crippen molar-refractivity contribution in [1.29, 1.82) is 0 Å². The number of aliphatic hydroxyl groups excluding tert-OH is 1. The molecule has 88 valence electrons. The van der Waals surface area contributed by atoms with Crippen molar-refractivity contribution in [3.05, 3.63) is 17.8 Å². The molecule has 0 bridgehead atoms. The van der Waals surface area contributed by atoms with Gasteiger partial charge in [-0.05, 0) is 43.7 Å². The molecule has 1 saturated carbocycles. The molecule has 1 aromatic rings. The van der Waals surface area contributed by atoms with E-state index >= 15 is 0 Å². The quantitative estimate of drug-likeness (QED) is 0.816. The van der Waals surface area contributed by atoms with Gasteiger partial charge in [0.1, 0.15) is 5.82 Å². The third kappa shape index (κ3) is 3.17. The molecule has 16 heavy (non-hydrogen) atoms. The largest absolute Gasteiger partial charge is 0.393 e. The molecule has 0 aliphatic heterocycles. The highest BCUT2D eigenvalue weighted by Gasteiger charge is 2.19. The highest BCUT2D eigenvalue weighted by atomic mass is 16.3. The molecule has 4 nitrogen and oxygen atoms in total. The van der Waals surface area contributed by atoms with Crippen LogP contribution in [0.2, 0.25) is 0 Å². The van der Waals surface area contributed by atoms with Crippen molar-refractivity contribution < 1.29 is 5.11 Å². The Balaban J connectivity index is 1.82. The SMILES string of the molecule is Cc1cnnc(NCC2CCCC(O)C2)c1. The lowest BCUT2D eigenvalue weighted by Gasteiger charge is -2.25. The van der Waals surface area contributed by atoms with Gasteiger partial charge in [0.15, 0.2) is 0 Å². The van der Waals surface area contributed by atoms with E-state index in [1.165, 1.54) is 6.42 Å². The smallest absolute Gasteiger partial charge is 0.148 e. The number of aliphatic hydroxyl groups is 1. The molecule has 0 spiro atoms. The first-order chi connectivity index (χ1) is 7.74. The van der Waals surface area contributed by atoms with Crippen molar-refractivity contribution in [3.8, 4) is 0 Å². The fraction of sp³-hybridized carbons (Fsp3) is 0.667. The van der Waals surface area contributed by atoms with Gasteiger partial charge in [0.2, 0.25) is 0 Å². The molecule has 2 N–H and O–H groups in total. The Bertz CT molecular complexity index is 343. The Morgan fingerprint density at radius 2 is 2.38 bits per heavy atom. The fourth-order valence-electron chi connectivity index (χ4n) is 2.25. The van der Waals surface area contributed by atoms with Crippen LogP contribution in [0.15, 0.2) is 12.3 Å². The predicted octanol–water partition coefficient (Wildman–Crippen LogP) is 1.75. The molecule has 1 aliphatic carbocycles. The van der Waals surface area contributed by atoms with E-state index in [1.54, 1.807) is 6.20 Å². The summed E-state index contributed by atoms with van der Waals surface area (Å²) in [6, 6.07) is 1.99. The van der Waals surface area contributed by atoms with Gasteiger partial charge in [-0.1, -0.05) is 6.42 Å². The van der Waals surface area contributed by atoms with Gasteiger partial charge in [0.25, 0.3) is 0 Å². The molecule has 1 fully saturated rings. The monoisotopic (exact) mass is 221 g/mol. The zero-order valence-corrected chi connectivity index (χ0v) is 9.69. The lowest BCUT2D eigenvalue weighted by atomic mass is 9.87. The van der Waals surface area contributed by atoms with Crippen LogP contribution < -0.4 is 5.32 Å². The van der Waals surface area contributed by atoms with E-state index in [2.05, 4.69) is 15.5 Å². The number of rotatable bonds is 3. The normalized spacial score (nSPS) is 25.4. The van der Waals surface area contributed by atoms with E-state index in [0.717, 1.165) is 37.2 Å². The maximum atomic E-state index is 9.57. The molecule has 2 rings (SSSR count). The minimum atomic E-state index is -0.107. The summed E-state index contributed by atoms with van der Waals surface area (Å²) >= 11 is 0. The second-order valence-corrected chi connectivity index (χ2v) is 4.69. The summed E-state index contributed by atoms with van der Waals surface area (Å²) in [6.07, 6.45) is 5.84. The first kappa shape index (κ1) is 11.3. The van der Waals surface area contributed by atoms with Crippen molar-refractivity contribution in [2.75, 3.05) is 11.9 Å². The standard InChI is InChI=1S/C12H19N3O/c1-9-5-12(15-14-7-9)13-8-10-3-2-4-11(16)6-10/h5,7,10-11,16H,2-4,6,8H2,1H3,(H,13,15). The summed E-state index contributed by atoms with van der Waals surface area (Å²) in [5, 5.41) is 20.8.